The molecule has 3 aromatic carbocycles. The van der Waals surface area contributed by atoms with Crippen LogP contribution in [-0.4, -0.2) is 18.8 Å². The molecule has 1 heterocycles. The predicted octanol–water partition coefficient (Wildman–Crippen LogP) is 4.85. The third-order valence-corrected chi connectivity index (χ3v) is 4.93. The SMILES string of the molecule is COc1ccc2c(c1)OC[C@H](c1ccc(F)cc1)[C@@H]2c1ccc(O)cc1. The Bertz CT molecular complexity index is 904. The van der Waals surface area contributed by atoms with E-state index in [2.05, 4.69) is 0 Å². The van der Waals surface area contributed by atoms with Crippen molar-refractivity contribution < 1.29 is 19.0 Å². The van der Waals surface area contributed by atoms with Crippen molar-refractivity contribution >= 4 is 0 Å². The maximum Gasteiger partial charge on any atom is 0.126 e. The van der Waals surface area contributed by atoms with Crippen LogP contribution in [0.5, 0.6) is 17.2 Å². The Morgan fingerprint density at radius 3 is 2.35 bits per heavy atom. The van der Waals surface area contributed by atoms with Crippen LogP contribution < -0.4 is 9.47 Å². The van der Waals surface area contributed by atoms with Crippen molar-refractivity contribution in [3.8, 4) is 17.2 Å². The van der Waals surface area contributed by atoms with Crippen LogP contribution in [0, 0.1) is 5.82 Å². The van der Waals surface area contributed by atoms with Crippen LogP contribution in [0.3, 0.4) is 0 Å². The summed E-state index contributed by atoms with van der Waals surface area (Å²) in [7, 11) is 1.63. The summed E-state index contributed by atoms with van der Waals surface area (Å²) in [5, 5.41) is 9.65. The lowest BCUT2D eigenvalue weighted by Gasteiger charge is -2.34. The van der Waals surface area contributed by atoms with E-state index in [1.807, 2.05) is 42.5 Å². The van der Waals surface area contributed by atoms with Crippen LogP contribution in [0.1, 0.15) is 28.5 Å². The van der Waals surface area contributed by atoms with Crippen molar-refractivity contribution in [2.45, 2.75) is 11.8 Å². The topological polar surface area (TPSA) is 38.7 Å². The highest BCUT2D eigenvalue weighted by molar-refractivity contribution is 5.51. The van der Waals surface area contributed by atoms with Gasteiger partial charge < -0.3 is 14.6 Å². The first-order valence-corrected chi connectivity index (χ1v) is 8.51. The molecule has 0 saturated heterocycles. The lowest BCUT2D eigenvalue weighted by Crippen LogP contribution is -2.25. The predicted molar refractivity (Wildman–Crippen MR) is 97.6 cm³/mol. The van der Waals surface area contributed by atoms with Gasteiger partial charge in [0.25, 0.3) is 0 Å². The van der Waals surface area contributed by atoms with E-state index in [9.17, 15) is 9.50 Å². The molecule has 0 unspecified atom stereocenters. The molecular formula is C22H19FO3. The Labute approximate surface area is 151 Å². The van der Waals surface area contributed by atoms with Crippen molar-refractivity contribution in [1.29, 1.82) is 0 Å². The number of hydrogen-bond acceptors (Lipinski definition) is 3. The molecule has 1 aliphatic heterocycles. The van der Waals surface area contributed by atoms with Crippen LogP contribution in [0.25, 0.3) is 0 Å². The molecule has 26 heavy (non-hydrogen) atoms. The Kier molecular flexibility index (Phi) is 4.25. The Morgan fingerprint density at radius 2 is 1.65 bits per heavy atom. The minimum absolute atomic E-state index is 0.0377. The van der Waals surface area contributed by atoms with E-state index in [0.29, 0.717) is 6.61 Å². The van der Waals surface area contributed by atoms with E-state index < -0.39 is 0 Å². The zero-order chi connectivity index (χ0) is 18.1. The average molecular weight is 350 g/mol. The maximum absolute atomic E-state index is 13.4. The number of fused-ring (bicyclic) bond motifs is 1. The molecule has 2 atom stereocenters. The van der Waals surface area contributed by atoms with Gasteiger partial charge in [0.2, 0.25) is 0 Å². The smallest absolute Gasteiger partial charge is 0.126 e. The van der Waals surface area contributed by atoms with Gasteiger partial charge in [-0.05, 0) is 41.5 Å². The highest BCUT2D eigenvalue weighted by Gasteiger charge is 2.33. The van der Waals surface area contributed by atoms with Crippen molar-refractivity contribution in [2.75, 3.05) is 13.7 Å². The fourth-order valence-corrected chi connectivity index (χ4v) is 3.61. The second kappa shape index (κ2) is 6.71. The first-order valence-electron chi connectivity index (χ1n) is 8.51. The second-order valence-electron chi connectivity index (χ2n) is 6.44. The van der Waals surface area contributed by atoms with Gasteiger partial charge in [0, 0.05) is 23.5 Å². The molecule has 0 spiro atoms. The zero-order valence-corrected chi connectivity index (χ0v) is 14.4. The van der Waals surface area contributed by atoms with E-state index in [1.165, 1.54) is 12.1 Å². The molecular weight excluding hydrogens is 331 g/mol. The second-order valence-corrected chi connectivity index (χ2v) is 6.44. The van der Waals surface area contributed by atoms with Crippen LogP contribution >= 0.6 is 0 Å². The number of ether oxygens (including phenoxy) is 2. The number of benzene rings is 3. The van der Waals surface area contributed by atoms with Gasteiger partial charge in [-0.2, -0.15) is 0 Å². The number of methoxy groups -OCH3 is 1. The van der Waals surface area contributed by atoms with Crippen LogP contribution in [-0.2, 0) is 0 Å². The lowest BCUT2D eigenvalue weighted by atomic mass is 9.76. The monoisotopic (exact) mass is 350 g/mol. The van der Waals surface area contributed by atoms with Gasteiger partial charge in [-0.25, -0.2) is 4.39 Å². The molecule has 0 aromatic heterocycles. The standard InChI is InChI=1S/C22H19FO3/c1-25-18-10-11-19-21(12-18)26-13-20(14-2-6-16(23)7-3-14)22(19)15-4-8-17(24)9-5-15/h2-12,20,22,24H,13H2,1H3/t20-,22-/m1/s1. The lowest BCUT2D eigenvalue weighted by molar-refractivity contribution is 0.247. The van der Waals surface area contributed by atoms with Gasteiger partial charge in [-0.3, -0.25) is 0 Å². The van der Waals surface area contributed by atoms with Crippen LogP contribution in [0.4, 0.5) is 4.39 Å². The summed E-state index contributed by atoms with van der Waals surface area (Å²) in [6.45, 7) is 0.483. The Morgan fingerprint density at radius 1 is 0.962 bits per heavy atom. The van der Waals surface area contributed by atoms with E-state index in [4.69, 9.17) is 9.47 Å². The normalized spacial score (nSPS) is 18.7. The molecule has 1 aliphatic rings. The number of aromatic hydroxyl groups is 1. The molecule has 3 aromatic rings. The molecule has 0 radical (unpaired) electrons. The fraction of sp³-hybridized carbons (Fsp3) is 0.182. The van der Waals surface area contributed by atoms with Crippen molar-refractivity contribution in [2.24, 2.45) is 0 Å². The number of halogens is 1. The molecule has 132 valence electrons. The Hall–Kier alpha value is -3.01. The maximum atomic E-state index is 13.4. The van der Waals surface area contributed by atoms with Gasteiger partial charge >= 0.3 is 0 Å². The minimum Gasteiger partial charge on any atom is -0.508 e. The molecule has 0 amide bonds. The average Bonchev–Trinajstić information content (AvgIpc) is 2.68. The molecule has 3 nitrogen and oxygen atoms in total. The third kappa shape index (κ3) is 2.99. The van der Waals surface area contributed by atoms with Crippen LogP contribution in [0.15, 0.2) is 66.7 Å². The molecule has 0 aliphatic carbocycles. The van der Waals surface area contributed by atoms with Gasteiger partial charge in [0.1, 0.15) is 23.1 Å². The van der Waals surface area contributed by atoms with E-state index >= 15 is 0 Å². The van der Waals surface area contributed by atoms with Crippen LogP contribution in [0.2, 0.25) is 0 Å². The summed E-state index contributed by atoms with van der Waals surface area (Å²) in [6, 6.07) is 19.6. The van der Waals surface area contributed by atoms with Gasteiger partial charge in [-0.1, -0.05) is 30.3 Å². The molecule has 0 fully saturated rings. The van der Waals surface area contributed by atoms with Crippen molar-refractivity contribution in [1.82, 2.24) is 0 Å². The first-order chi connectivity index (χ1) is 12.7. The highest BCUT2D eigenvalue weighted by Crippen LogP contribution is 2.47. The number of phenolic OH excluding ortho intramolecular Hbond substituents is 1. The summed E-state index contributed by atoms with van der Waals surface area (Å²) >= 11 is 0. The van der Waals surface area contributed by atoms with Crippen molar-refractivity contribution in [3.05, 3.63) is 89.2 Å². The van der Waals surface area contributed by atoms with Gasteiger partial charge in [0.15, 0.2) is 0 Å². The highest BCUT2D eigenvalue weighted by atomic mass is 19.1. The summed E-state index contributed by atoms with van der Waals surface area (Å²) in [4.78, 5) is 0. The summed E-state index contributed by atoms with van der Waals surface area (Å²) in [6.07, 6.45) is 0. The molecule has 1 N–H and O–H groups in total. The first kappa shape index (κ1) is 16.5. The number of phenols is 1. The fourth-order valence-electron chi connectivity index (χ4n) is 3.61. The Balaban J connectivity index is 1.83. The molecule has 0 bridgehead atoms. The molecule has 4 rings (SSSR count). The van der Waals surface area contributed by atoms with Crippen molar-refractivity contribution in [3.63, 3.8) is 0 Å². The van der Waals surface area contributed by atoms with E-state index in [0.717, 1.165) is 28.2 Å². The summed E-state index contributed by atoms with van der Waals surface area (Å²) in [5.74, 6) is 1.59. The third-order valence-electron chi connectivity index (χ3n) is 4.93. The quantitative estimate of drug-likeness (QED) is 0.734. The van der Waals surface area contributed by atoms with Gasteiger partial charge in [-0.15, -0.1) is 0 Å². The number of rotatable bonds is 3. The van der Waals surface area contributed by atoms with E-state index in [1.54, 1.807) is 19.2 Å². The molecule has 4 heteroatoms. The van der Waals surface area contributed by atoms with Gasteiger partial charge in [0.05, 0.1) is 13.7 Å². The number of hydrogen-bond donors (Lipinski definition) is 1. The largest absolute Gasteiger partial charge is 0.508 e. The van der Waals surface area contributed by atoms with E-state index in [-0.39, 0.29) is 23.4 Å². The summed E-state index contributed by atoms with van der Waals surface area (Å²) < 4.78 is 24.7. The summed E-state index contributed by atoms with van der Waals surface area (Å²) in [5.41, 5.74) is 3.15. The molecule has 0 saturated carbocycles. The minimum atomic E-state index is -0.253. The zero-order valence-electron chi connectivity index (χ0n) is 14.4.